The monoisotopic (exact) mass is 524 g/mol. The number of hydrogen-bond acceptors (Lipinski definition) is 5. The van der Waals surface area contributed by atoms with Crippen LogP contribution in [0.25, 0.3) is 0 Å². The minimum Gasteiger partial charge on any atom is -0.469 e. The zero-order valence-corrected chi connectivity index (χ0v) is 20.7. The number of methoxy groups -OCH3 is 1. The molecule has 0 bridgehead atoms. The van der Waals surface area contributed by atoms with Gasteiger partial charge < -0.3 is 24.6 Å². The normalized spacial score (nSPS) is 18.0. The number of nitrogens with one attached hydrogen (secondary N) is 1. The molecule has 1 aliphatic carbocycles. The second kappa shape index (κ2) is 11.8. The molecule has 1 heterocycles. The Bertz CT molecular complexity index is 567. The van der Waals surface area contributed by atoms with Crippen molar-refractivity contribution >= 4 is 42.0 Å². The lowest BCUT2D eigenvalue weighted by atomic mass is 10.0. The summed E-state index contributed by atoms with van der Waals surface area (Å²) in [7, 11) is 3.13. The van der Waals surface area contributed by atoms with Crippen molar-refractivity contribution in [2.24, 2.45) is 10.9 Å². The molecule has 168 valence electrons. The second-order valence-electron chi connectivity index (χ2n) is 8.59. The Morgan fingerprint density at radius 1 is 1.17 bits per heavy atom. The molecule has 0 aromatic rings. The van der Waals surface area contributed by atoms with Gasteiger partial charge in [-0.15, -0.1) is 24.0 Å². The largest absolute Gasteiger partial charge is 0.469 e. The Labute approximate surface area is 191 Å². The van der Waals surface area contributed by atoms with Crippen molar-refractivity contribution in [1.82, 2.24) is 15.1 Å². The van der Waals surface area contributed by atoms with Gasteiger partial charge in [0.25, 0.3) is 0 Å². The van der Waals surface area contributed by atoms with Crippen molar-refractivity contribution in [3.8, 4) is 0 Å². The molecule has 1 N–H and O–H groups in total. The van der Waals surface area contributed by atoms with Gasteiger partial charge in [0.1, 0.15) is 5.60 Å². The van der Waals surface area contributed by atoms with Crippen molar-refractivity contribution in [3.05, 3.63) is 0 Å². The SMILES string of the molecule is CN=C(NCCC(=O)OC)N1CCC(N(CC2CC2)C(=O)OC(C)(C)C)CC1.I. The number of carbonyl (C=O) groups excluding carboxylic acids is 2. The van der Waals surface area contributed by atoms with Gasteiger partial charge in [0.15, 0.2) is 5.96 Å². The Morgan fingerprint density at radius 2 is 1.79 bits per heavy atom. The number of piperidine rings is 1. The molecular formula is C20H37IN4O4. The second-order valence-corrected chi connectivity index (χ2v) is 8.59. The zero-order chi connectivity index (χ0) is 20.7. The summed E-state index contributed by atoms with van der Waals surface area (Å²) in [6, 6.07) is 0.194. The number of aliphatic imine (C=N–C) groups is 1. The molecule has 1 saturated heterocycles. The van der Waals surface area contributed by atoms with Gasteiger partial charge in [-0.05, 0) is 52.4 Å². The molecule has 0 aromatic heterocycles. The summed E-state index contributed by atoms with van der Waals surface area (Å²) in [5.74, 6) is 1.17. The number of hydrogen-bond donors (Lipinski definition) is 1. The molecule has 0 aromatic carbocycles. The van der Waals surface area contributed by atoms with Gasteiger partial charge in [0.05, 0.1) is 13.5 Å². The van der Waals surface area contributed by atoms with E-state index in [0.29, 0.717) is 18.9 Å². The van der Waals surface area contributed by atoms with E-state index >= 15 is 0 Å². The van der Waals surface area contributed by atoms with Crippen LogP contribution in [0.4, 0.5) is 4.79 Å². The predicted octanol–water partition coefficient (Wildman–Crippen LogP) is 2.85. The van der Waals surface area contributed by atoms with E-state index in [9.17, 15) is 9.59 Å². The lowest BCUT2D eigenvalue weighted by Crippen LogP contribution is -2.52. The molecule has 0 radical (unpaired) electrons. The van der Waals surface area contributed by atoms with Gasteiger partial charge in [-0.3, -0.25) is 9.79 Å². The third-order valence-corrected chi connectivity index (χ3v) is 5.04. The smallest absolute Gasteiger partial charge is 0.410 e. The predicted molar refractivity (Wildman–Crippen MR) is 124 cm³/mol. The molecule has 1 aliphatic heterocycles. The number of nitrogens with zero attached hydrogens (tertiary/aromatic N) is 3. The number of rotatable bonds is 6. The maximum absolute atomic E-state index is 12.7. The summed E-state index contributed by atoms with van der Waals surface area (Å²) in [6.45, 7) is 8.64. The maximum atomic E-state index is 12.7. The quantitative estimate of drug-likeness (QED) is 0.249. The van der Waals surface area contributed by atoms with E-state index < -0.39 is 5.60 Å². The van der Waals surface area contributed by atoms with E-state index in [1.54, 1.807) is 7.05 Å². The average Bonchev–Trinajstić information content (AvgIpc) is 3.46. The molecule has 2 aliphatic rings. The average molecular weight is 524 g/mol. The van der Waals surface area contributed by atoms with Crippen molar-refractivity contribution < 1.29 is 19.1 Å². The molecule has 0 atom stereocenters. The van der Waals surface area contributed by atoms with E-state index in [0.717, 1.165) is 38.4 Å². The number of esters is 1. The van der Waals surface area contributed by atoms with E-state index in [-0.39, 0.29) is 42.1 Å². The molecular weight excluding hydrogens is 487 g/mol. The highest BCUT2D eigenvalue weighted by Crippen LogP contribution is 2.32. The molecule has 2 fully saturated rings. The van der Waals surface area contributed by atoms with Crippen molar-refractivity contribution in [3.63, 3.8) is 0 Å². The Kier molecular flexibility index (Phi) is 10.5. The zero-order valence-electron chi connectivity index (χ0n) is 18.4. The van der Waals surface area contributed by atoms with Crippen LogP contribution >= 0.6 is 24.0 Å². The first-order valence-electron chi connectivity index (χ1n) is 10.3. The topological polar surface area (TPSA) is 83.5 Å². The fraction of sp³-hybridized carbons (Fsp3) is 0.850. The van der Waals surface area contributed by atoms with Crippen LogP contribution in [0.2, 0.25) is 0 Å². The number of likely N-dealkylation sites (tertiary alicyclic amines) is 1. The Morgan fingerprint density at radius 3 is 2.28 bits per heavy atom. The lowest BCUT2D eigenvalue weighted by Gasteiger charge is -2.40. The standard InChI is InChI=1S/C20H36N4O4.HI/c1-20(2,3)28-19(26)24(14-15-6-7-15)16-9-12-23(13-10-16)18(21-4)22-11-8-17(25)27-5;/h15-16H,6-14H2,1-5H3,(H,21,22);1H. The molecule has 1 amide bonds. The van der Waals surface area contributed by atoms with Crippen molar-refractivity contribution in [2.75, 3.05) is 40.3 Å². The highest BCUT2D eigenvalue weighted by Gasteiger charge is 2.35. The molecule has 2 rings (SSSR count). The third kappa shape index (κ3) is 8.96. The number of carbonyl (C=O) groups is 2. The van der Waals surface area contributed by atoms with Gasteiger partial charge in [0, 0.05) is 39.3 Å². The fourth-order valence-corrected chi connectivity index (χ4v) is 3.37. The number of halogens is 1. The lowest BCUT2D eigenvalue weighted by molar-refractivity contribution is -0.140. The van der Waals surface area contributed by atoms with Crippen LogP contribution in [0, 0.1) is 5.92 Å². The molecule has 1 saturated carbocycles. The first-order chi connectivity index (χ1) is 13.2. The van der Waals surface area contributed by atoms with Gasteiger partial charge in [0.2, 0.25) is 0 Å². The first kappa shape index (κ1) is 25.8. The van der Waals surface area contributed by atoms with E-state index in [2.05, 4.69) is 19.9 Å². The number of ether oxygens (including phenoxy) is 2. The summed E-state index contributed by atoms with van der Waals surface area (Å²) in [5.41, 5.74) is -0.481. The number of amides is 1. The molecule has 9 heteroatoms. The fourth-order valence-electron chi connectivity index (χ4n) is 3.37. The molecule has 0 unspecified atom stereocenters. The van der Waals surface area contributed by atoms with Gasteiger partial charge >= 0.3 is 12.1 Å². The minimum absolute atomic E-state index is 0. The van der Waals surface area contributed by atoms with Crippen LogP contribution in [0.3, 0.4) is 0 Å². The minimum atomic E-state index is -0.481. The molecule has 29 heavy (non-hydrogen) atoms. The van der Waals surface area contributed by atoms with Crippen LogP contribution in [-0.4, -0.2) is 79.8 Å². The van der Waals surface area contributed by atoms with Gasteiger partial charge in [-0.1, -0.05) is 0 Å². The highest BCUT2D eigenvalue weighted by molar-refractivity contribution is 14.0. The van der Waals surface area contributed by atoms with Gasteiger partial charge in [-0.2, -0.15) is 0 Å². The Balaban J connectivity index is 0.00000420. The van der Waals surface area contributed by atoms with Crippen LogP contribution < -0.4 is 5.32 Å². The molecule has 0 spiro atoms. The van der Waals surface area contributed by atoms with E-state index in [4.69, 9.17) is 4.74 Å². The van der Waals surface area contributed by atoms with Crippen LogP contribution in [0.15, 0.2) is 4.99 Å². The van der Waals surface area contributed by atoms with E-state index in [1.165, 1.54) is 20.0 Å². The summed E-state index contributed by atoms with van der Waals surface area (Å²) < 4.78 is 10.3. The first-order valence-corrected chi connectivity index (χ1v) is 10.3. The van der Waals surface area contributed by atoms with Crippen LogP contribution in [0.1, 0.15) is 52.9 Å². The summed E-state index contributed by atoms with van der Waals surface area (Å²) in [5, 5.41) is 3.21. The van der Waals surface area contributed by atoms with Crippen molar-refractivity contribution in [1.29, 1.82) is 0 Å². The summed E-state index contributed by atoms with van der Waals surface area (Å²) in [6.07, 6.45) is 4.27. The van der Waals surface area contributed by atoms with E-state index in [1.807, 2.05) is 25.7 Å². The van der Waals surface area contributed by atoms with Crippen molar-refractivity contribution in [2.45, 2.75) is 64.5 Å². The van der Waals surface area contributed by atoms with Gasteiger partial charge in [-0.25, -0.2) is 4.79 Å². The summed E-state index contributed by atoms with van der Waals surface area (Å²) >= 11 is 0. The summed E-state index contributed by atoms with van der Waals surface area (Å²) in [4.78, 5) is 32.5. The van der Waals surface area contributed by atoms with Crippen LogP contribution in [0.5, 0.6) is 0 Å². The molecule has 8 nitrogen and oxygen atoms in total. The third-order valence-electron chi connectivity index (χ3n) is 5.04. The maximum Gasteiger partial charge on any atom is 0.410 e. The Hall–Kier alpha value is -1.26. The number of guanidine groups is 1. The van der Waals surface area contributed by atoms with Crippen LogP contribution in [-0.2, 0) is 14.3 Å². The highest BCUT2D eigenvalue weighted by atomic mass is 127.